The highest BCUT2D eigenvalue weighted by Gasteiger charge is 2.28. The number of carbonyl (C=O) groups is 1. The molecule has 2 aromatic carbocycles. The lowest BCUT2D eigenvalue weighted by Gasteiger charge is -2.13. The van der Waals surface area contributed by atoms with Crippen LogP contribution in [-0.2, 0) is 4.74 Å². The molecule has 1 aliphatic rings. The molecule has 118 valence electrons. The van der Waals surface area contributed by atoms with Gasteiger partial charge in [-0.2, -0.15) is 0 Å². The zero-order valence-corrected chi connectivity index (χ0v) is 13.6. The summed E-state index contributed by atoms with van der Waals surface area (Å²) in [6.07, 6.45) is 1.62. The highest BCUT2D eigenvalue weighted by molar-refractivity contribution is 7.97. The summed E-state index contributed by atoms with van der Waals surface area (Å²) in [5.41, 5.74) is 1.87. The fourth-order valence-electron chi connectivity index (χ4n) is 2.18. The van der Waals surface area contributed by atoms with E-state index in [0.29, 0.717) is 6.61 Å². The van der Waals surface area contributed by atoms with Gasteiger partial charge in [0.15, 0.2) is 0 Å². The number of nitrogens with zero attached hydrogens (tertiary/aromatic N) is 1. The lowest BCUT2D eigenvalue weighted by Crippen LogP contribution is -2.13. The molecule has 0 spiro atoms. The number of benzene rings is 2. The molecule has 1 saturated heterocycles. The van der Waals surface area contributed by atoms with Gasteiger partial charge in [-0.05, 0) is 54.8 Å². The van der Waals surface area contributed by atoms with Crippen molar-refractivity contribution >= 4 is 24.1 Å². The molecular formula is C18H17NO3S. The molecular weight excluding hydrogens is 310 g/mol. The van der Waals surface area contributed by atoms with Gasteiger partial charge in [-0.15, -0.1) is 0 Å². The lowest BCUT2D eigenvalue weighted by atomic mass is 10.2. The Bertz CT molecular complexity index is 698. The maximum absolute atomic E-state index is 12.0. The molecule has 2 aromatic rings. The average molecular weight is 327 g/mol. The Morgan fingerprint density at radius 3 is 2.61 bits per heavy atom. The Morgan fingerprint density at radius 1 is 1.17 bits per heavy atom. The molecule has 0 radical (unpaired) electrons. The summed E-state index contributed by atoms with van der Waals surface area (Å²) in [4.78, 5) is 12.9. The highest BCUT2D eigenvalue weighted by Crippen LogP contribution is 2.33. The molecule has 0 aromatic heterocycles. The first-order valence-electron chi connectivity index (χ1n) is 7.39. The van der Waals surface area contributed by atoms with Crippen molar-refractivity contribution in [3.8, 4) is 5.75 Å². The molecule has 0 atom stereocenters. The molecule has 23 heavy (non-hydrogen) atoms. The van der Waals surface area contributed by atoms with Crippen LogP contribution < -0.4 is 4.74 Å². The molecule has 1 aliphatic heterocycles. The van der Waals surface area contributed by atoms with Crippen molar-refractivity contribution in [1.29, 1.82) is 0 Å². The number of rotatable bonds is 5. The molecule has 5 heteroatoms. The van der Waals surface area contributed by atoms with Gasteiger partial charge in [0.05, 0.1) is 12.3 Å². The predicted molar refractivity (Wildman–Crippen MR) is 91.1 cm³/mol. The average Bonchev–Trinajstić information content (AvgIpc) is 2.91. The first-order valence-corrected chi connectivity index (χ1v) is 8.17. The smallest absolute Gasteiger partial charge is 0.425 e. The van der Waals surface area contributed by atoms with Crippen LogP contribution in [0, 0.1) is 0 Å². The number of hydrogen-bond donors (Lipinski definition) is 0. The molecule has 0 aliphatic carbocycles. The van der Waals surface area contributed by atoms with Crippen molar-refractivity contribution in [2.75, 3.05) is 13.2 Å². The summed E-state index contributed by atoms with van der Waals surface area (Å²) in [6, 6.07) is 17.5. The third kappa shape index (κ3) is 3.87. The summed E-state index contributed by atoms with van der Waals surface area (Å²) in [6.45, 7) is 2.87. The normalized spacial score (nSPS) is 15.8. The molecule has 0 unspecified atom stereocenters. The van der Waals surface area contributed by atoms with E-state index in [4.69, 9.17) is 9.47 Å². The van der Waals surface area contributed by atoms with Gasteiger partial charge in [-0.1, -0.05) is 30.3 Å². The number of hydrogen-bond acceptors (Lipinski definition) is 4. The molecule has 0 bridgehead atoms. The lowest BCUT2D eigenvalue weighted by molar-refractivity contribution is 0.171. The van der Waals surface area contributed by atoms with E-state index in [-0.39, 0.29) is 12.7 Å². The number of cyclic esters (lactones) is 1. The quantitative estimate of drug-likeness (QED) is 0.753. The Morgan fingerprint density at radius 2 is 1.91 bits per heavy atom. The molecule has 0 saturated carbocycles. The second-order valence-corrected chi connectivity index (χ2v) is 5.91. The fourth-order valence-corrected chi connectivity index (χ4v) is 3.00. The largest absolute Gasteiger partial charge is 0.494 e. The van der Waals surface area contributed by atoms with Crippen molar-refractivity contribution < 1.29 is 14.3 Å². The monoisotopic (exact) mass is 327 g/mol. The van der Waals surface area contributed by atoms with Gasteiger partial charge in [0.1, 0.15) is 12.4 Å². The number of ether oxygens (including phenoxy) is 2. The molecule has 1 amide bonds. The van der Waals surface area contributed by atoms with Crippen molar-refractivity contribution in [2.24, 2.45) is 0 Å². The molecule has 0 N–H and O–H groups in total. The van der Waals surface area contributed by atoms with Crippen molar-refractivity contribution in [3.63, 3.8) is 0 Å². The summed E-state index contributed by atoms with van der Waals surface area (Å²) >= 11 is 1.35. The van der Waals surface area contributed by atoms with Crippen molar-refractivity contribution in [3.05, 3.63) is 65.9 Å². The maximum atomic E-state index is 12.0. The van der Waals surface area contributed by atoms with Gasteiger partial charge in [0.2, 0.25) is 0 Å². The van der Waals surface area contributed by atoms with Crippen LogP contribution >= 0.6 is 11.9 Å². The van der Waals surface area contributed by atoms with E-state index in [9.17, 15) is 4.79 Å². The van der Waals surface area contributed by atoms with Crippen LogP contribution in [0.4, 0.5) is 4.79 Å². The molecule has 1 heterocycles. The minimum Gasteiger partial charge on any atom is -0.494 e. The van der Waals surface area contributed by atoms with E-state index in [2.05, 4.69) is 0 Å². The summed E-state index contributed by atoms with van der Waals surface area (Å²) in [7, 11) is 0. The summed E-state index contributed by atoms with van der Waals surface area (Å²) in [5, 5.41) is 0. The Balaban J connectivity index is 1.76. The zero-order chi connectivity index (χ0) is 16.1. The number of carbonyl (C=O) groups excluding carboxylic acids is 1. The first-order chi connectivity index (χ1) is 11.3. The second-order valence-electron chi connectivity index (χ2n) is 4.89. The topological polar surface area (TPSA) is 38.8 Å². The van der Waals surface area contributed by atoms with Gasteiger partial charge in [0.25, 0.3) is 0 Å². The van der Waals surface area contributed by atoms with Gasteiger partial charge < -0.3 is 9.47 Å². The van der Waals surface area contributed by atoms with Gasteiger partial charge in [-0.3, -0.25) is 0 Å². The molecule has 4 nitrogen and oxygen atoms in total. The van der Waals surface area contributed by atoms with Gasteiger partial charge in [0, 0.05) is 4.90 Å². The molecule has 3 rings (SSSR count). The third-order valence-corrected chi connectivity index (χ3v) is 4.28. The van der Waals surface area contributed by atoms with E-state index < -0.39 is 0 Å². The van der Waals surface area contributed by atoms with E-state index in [1.165, 1.54) is 11.9 Å². The second kappa shape index (κ2) is 7.24. The minimum absolute atomic E-state index is 0.289. The van der Waals surface area contributed by atoms with E-state index >= 15 is 0 Å². The van der Waals surface area contributed by atoms with Gasteiger partial charge in [-0.25, -0.2) is 9.10 Å². The fraction of sp³-hybridized carbons (Fsp3) is 0.167. The van der Waals surface area contributed by atoms with Crippen LogP contribution in [0.1, 0.15) is 12.5 Å². The Kier molecular flexibility index (Phi) is 4.88. The Labute approximate surface area is 139 Å². The summed E-state index contributed by atoms with van der Waals surface area (Å²) in [5.74, 6) is 0.820. The Hall–Kier alpha value is -2.40. The third-order valence-electron chi connectivity index (χ3n) is 3.23. The van der Waals surface area contributed by atoms with Crippen LogP contribution in [0.5, 0.6) is 5.75 Å². The molecule has 1 fully saturated rings. The van der Waals surface area contributed by atoms with Crippen molar-refractivity contribution in [2.45, 2.75) is 11.8 Å². The maximum Gasteiger partial charge on any atom is 0.425 e. The van der Waals surface area contributed by atoms with E-state index in [0.717, 1.165) is 21.9 Å². The SMILES string of the molecule is CCOc1ccc(SN2C(=O)OC/C2=C\c2ccccc2)cc1. The highest BCUT2D eigenvalue weighted by atomic mass is 32.2. The van der Waals surface area contributed by atoms with Crippen LogP contribution in [0.25, 0.3) is 6.08 Å². The summed E-state index contributed by atoms with van der Waals surface area (Å²) < 4.78 is 12.2. The van der Waals surface area contributed by atoms with Gasteiger partial charge >= 0.3 is 6.09 Å². The predicted octanol–water partition coefficient (Wildman–Crippen LogP) is 4.59. The zero-order valence-electron chi connectivity index (χ0n) is 12.8. The first kappa shape index (κ1) is 15.5. The van der Waals surface area contributed by atoms with Crippen molar-refractivity contribution in [1.82, 2.24) is 4.31 Å². The van der Waals surface area contributed by atoms with Crippen LogP contribution in [0.3, 0.4) is 0 Å². The van der Waals surface area contributed by atoms with Crippen LogP contribution in [0.15, 0.2) is 65.2 Å². The van der Waals surface area contributed by atoms with E-state index in [1.54, 1.807) is 4.31 Å². The standard InChI is InChI=1S/C18H17NO3S/c1-2-21-16-8-10-17(11-9-16)23-19-15(13-22-18(19)20)12-14-6-4-3-5-7-14/h3-12H,2,13H2,1H3/b15-12+. The minimum atomic E-state index is -0.342. The van der Waals surface area contributed by atoms with E-state index in [1.807, 2.05) is 67.6 Å². The van der Waals surface area contributed by atoms with Crippen LogP contribution in [0.2, 0.25) is 0 Å². The van der Waals surface area contributed by atoms with Crippen LogP contribution in [-0.4, -0.2) is 23.6 Å². The number of amides is 1.